The average molecular weight is 377 g/mol. The number of nitrogens with zero attached hydrogens (tertiary/aromatic N) is 4. The van der Waals surface area contributed by atoms with Crippen LogP contribution in [0.25, 0.3) is 11.0 Å². The number of rotatable bonds is 6. The molecule has 0 aliphatic carbocycles. The lowest BCUT2D eigenvalue weighted by Gasteiger charge is -2.14. The maximum Gasteiger partial charge on any atom is 0.329 e. The summed E-state index contributed by atoms with van der Waals surface area (Å²) in [7, 11) is 0. The zero-order chi connectivity index (χ0) is 19.5. The Morgan fingerprint density at radius 1 is 1.04 bits per heavy atom. The van der Waals surface area contributed by atoms with E-state index in [0.717, 1.165) is 42.7 Å². The summed E-state index contributed by atoms with van der Waals surface area (Å²) in [5, 5.41) is 0. The highest BCUT2D eigenvalue weighted by atomic mass is 16.1. The van der Waals surface area contributed by atoms with Crippen molar-refractivity contribution in [2.75, 3.05) is 13.1 Å². The topological polar surface area (TPSA) is 42.5 Å². The minimum Gasteiger partial charge on any atom is -0.297 e. The third kappa shape index (κ3) is 3.67. The quantitative estimate of drug-likeness (QED) is 0.618. The Kier molecular flexibility index (Phi) is 5.44. The first kappa shape index (κ1) is 18.7. The fourth-order valence-corrected chi connectivity index (χ4v) is 4.14. The van der Waals surface area contributed by atoms with Crippen LogP contribution in [-0.4, -0.2) is 39.4 Å². The van der Waals surface area contributed by atoms with E-state index < -0.39 is 0 Å². The molecule has 1 saturated heterocycles. The number of benzene rings is 2. The highest BCUT2D eigenvalue weighted by molar-refractivity contribution is 5.87. The number of aryl methyl sites for hydroxylation is 2. The van der Waals surface area contributed by atoms with Gasteiger partial charge in [-0.25, -0.2) is 4.79 Å². The van der Waals surface area contributed by atoms with Gasteiger partial charge in [-0.2, -0.15) is 0 Å². The van der Waals surface area contributed by atoms with Crippen LogP contribution >= 0.6 is 0 Å². The fourth-order valence-electron chi connectivity index (χ4n) is 4.14. The largest absolute Gasteiger partial charge is 0.329 e. The smallest absolute Gasteiger partial charge is 0.297 e. The van der Waals surface area contributed by atoms with Crippen molar-refractivity contribution in [1.82, 2.24) is 14.0 Å². The van der Waals surface area contributed by atoms with Crippen LogP contribution in [0.1, 0.15) is 31.4 Å². The Bertz CT molecular complexity index is 1030. The first-order valence-electron chi connectivity index (χ1n) is 10.2. The van der Waals surface area contributed by atoms with Crippen molar-refractivity contribution >= 4 is 17.2 Å². The van der Waals surface area contributed by atoms with E-state index in [2.05, 4.69) is 47.4 Å². The molecule has 0 N–H and O–H groups in total. The van der Waals surface area contributed by atoms with Crippen LogP contribution < -0.4 is 5.69 Å². The van der Waals surface area contributed by atoms with Gasteiger partial charge in [0, 0.05) is 38.9 Å². The van der Waals surface area contributed by atoms with Gasteiger partial charge in [-0.3, -0.25) is 19.0 Å². The Morgan fingerprint density at radius 2 is 1.79 bits per heavy atom. The Morgan fingerprint density at radius 3 is 2.54 bits per heavy atom. The van der Waals surface area contributed by atoms with Crippen molar-refractivity contribution in [3.05, 3.63) is 70.1 Å². The minimum absolute atomic E-state index is 0.0708. The third-order valence-corrected chi connectivity index (χ3v) is 5.61. The Hall–Kier alpha value is -2.66. The first-order chi connectivity index (χ1) is 13.7. The summed E-state index contributed by atoms with van der Waals surface area (Å²) in [4.78, 5) is 19.8. The van der Waals surface area contributed by atoms with E-state index in [1.165, 1.54) is 5.56 Å². The number of aromatic nitrogens is 2. The second kappa shape index (κ2) is 8.15. The number of fused-ring (bicyclic) bond motifs is 1. The van der Waals surface area contributed by atoms with Crippen molar-refractivity contribution in [3.63, 3.8) is 0 Å². The summed E-state index contributed by atoms with van der Waals surface area (Å²) in [6, 6.07) is 17.2. The molecule has 0 radical (unpaired) electrons. The lowest BCUT2D eigenvalue weighted by molar-refractivity contribution is 0.327. The van der Waals surface area contributed by atoms with E-state index in [1.807, 2.05) is 35.3 Å². The molecule has 1 fully saturated rings. The van der Waals surface area contributed by atoms with Crippen LogP contribution in [-0.2, 0) is 19.6 Å². The van der Waals surface area contributed by atoms with Gasteiger partial charge in [-0.15, -0.1) is 0 Å². The van der Waals surface area contributed by atoms with E-state index in [4.69, 9.17) is 4.99 Å². The van der Waals surface area contributed by atoms with E-state index in [-0.39, 0.29) is 5.69 Å². The fraction of sp³-hybridized carbons (Fsp3) is 0.391. The summed E-state index contributed by atoms with van der Waals surface area (Å²) >= 11 is 0. The van der Waals surface area contributed by atoms with E-state index in [9.17, 15) is 4.79 Å². The van der Waals surface area contributed by atoms with Crippen LogP contribution in [0.5, 0.6) is 0 Å². The number of aliphatic imine (C=N–C) groups is 1. The molecule has 2 aromatic carbocycles. The Balaban J connectivity index is 1.48. The van der Waals surface area contributed by atoms with Gasteiger partial charge in [0.2, 0.25) is 0 Å². The molecule has 28 heavy (non-hydrogen) atoms. The first-order valence-corrected chi connectivity index (χ1v) is 10.2. The monoisotopic (exact) mass is 376 g/mol. The molecule has 4 rings (SSSR count). The number of hydrogen-bond donors (Lipinski definition) is 0. The maximum absolute atomic E-state index is 12.5. The molecule has 0 bridgehead atoms. The summed E-state index contributed by atoms with van der Waals surface area (Å²) in [5.41, 5.74) is 4.48. The maximum atomic E-state index is 12.5. The van der Waals surface area contributed by atoms with Gasteiger partial charge in [0.05, 0.1) is 17.1 Å². The van der Waals surface area contributed by atoms with Crippen LogP contribution in [0.2, 0.25) is 0 Å². The SMILES string of the molecule is CCn1c(=O)n(CC)c2cc(/C=N/C3CCN(Cc4ccccc4)C3)ccc21. The molecule has 1 atom stereocenters. The average Bonchev–Trinajstić information content (AvgIpc) is 3.27. The van der Waals surface area contributed by atoms with Gasteiger partial charge >= 0.3 is 5.69 Å². The highest BCUT2D eigenvalue weighted by Crippen LogP contribution is 2.18. The number of likely N-dealkylation sites (tertiary alicyclic amines) is 1. The van der Waals surface area contributed by atoms with Crippen molar-refractivity contribution in [3.8, 4) is 0 Å². The predicted octanol–water partition coefficient (Wildman–Crippen LogP) is 3.54. The molecule has 1 aliphatic heterocycles. The van der Waals surface area contributed by atoms with Gasteiger partial charge in [0.15, 0.2) is 0 Å². The van der Waals surface area contributed by atoms with Crippen molar-refractivity contribution in [2.24, 2.45) is 4.99 Å². The zero-order valence-corrected chi connectivity index (χ0v) is 16.7. The van der Waals surface area contributed by atoms with Gasteiger partial charge in [-0.1, -0.05) is 36.4 Å². The van der Waals surface area contributed by atoms with Gasteiger partial charge in [0.25, 0.3) is 0 Å². The molecule has 0 spiro atoms. The van der Waals surface area contributed by atoms with Gasteiger partial charge in [0.1, 0.15) is 0 Å². The summed E-state index contributed by atoms with van der Waals surface area (Å²) in [6.07, 6.45) is 3.07. The summed E-state index contributed by atoms with van der Waals surface area (Å²) in [6.45, 7) is 8.48. The molecular weight excluding hydrogens is 348 g/mol. The zero-order valence-electron chi connectivity index (χ0n) is 16.7. The van der Waals surface area contributed by atoms with Gasteiger partial charge < -0.3 is 0 Å². The van der Waals surface area contributed by atoms with Crippen LogP contribution in [0.3, 0.4) is 0 Å². The summed E-state index contributed by atoms with van der Waals surface area (Å²) < 4.78 is 3.67. The molecule has 1 unspecified atom stereocenters. The molecule has 146 valence electrons. The van der Waals surface area contributed by atoms with Crippen molar-refractivity contribution < 1.29 is 0 Å². The molecule has 3 aromatic rings. The van der Waals surface area contributed by atoms with E-state index >= 15 is 0 Å². The summed E-state index contributed by atoms with van der Waals surface area (Å²) in [5.74, 6) is 0. The predicted molar refractivity (Wildman–Crippen MR) is 115 cm³/mol. The molecule has 1 aromatic heterocycles. The van der Waals surface area contributed by atoms with Crippen molar-refractivity contribution in [2.45, 2.75) is 45.9 Å². The third-order valence-electron chi connectivity index (χ3n) is 5.61. The van der Waals surface area contributed by atoms with Crippen LogP contribution in [0.4, 0.5) is 0 Å². The lowest BCUT2D eigenvalue weighted by Crippen LogP contribution is -2.23. The second-order valence-corrected chi connectivity index (χ2v) is 7.46. The second-order valence-electron chi connectivity index (χ2n) is 7.46. The molecule has 5 heteroatoms. The van der Waals surface area contributed by atoms with E-state index in [0.29, 0.717) is 19.1 Å². The Labute approximate surface area is 165 Å². The molecule has 0 amide bonds. The molecule has 0 saturated carbocycles. The van der Waals surface area contributed by atoms with E-state index in [1.54, 1.807) is 0 Å². The van der Waals surface area contributed by atoms with Crippen molar-refractivity contribution in [1.29, 1.82) is 0 Å². The molecule has 1 aliphatic rings. The normalized spacial score (nSPS) is 17.9. The standard InChI is InChI=1S/C23H28N4O/c1-3-26-21-11-10-19(14-22(21)27(4-2)23(26)28)15-24-20-12-13-25(17-20)16-18-8-6-5-7-9-18/h5-11,14-15,20H,3-4,12-13,16-17H2,1-2H3/b24-15+. The number of hydrogen-bond acceptors (Lipinski definition) is 3. The molecular formula is C23H28N4O. The van der Waals surface area contributed by atoms with Crippen LogP contribution in [0.15, 0.2) is 58.3 Å². The van der Waals surface area contributed by atoms with Gasteiger partial charge in [-0.05, 0) is 43.5 Å². The molecule has 5 nitrogen and oxygen atoms in total. The minimum atomic E-state index is 0.0708. The lowest BCUT2D eigenvalue weighted by atomic mass is 10.2. The highest BCUT2D eigenvalue weighted by Gasteiger charge is 2.21. The molecule has 2 heterocycles. The van der Waals surface area contributed by atoms with Crippen LogP contribution in [0, 0.1) is 0 Å². The number of imidazole rings is 1.